The predicted molar refractivity (Wildman–Crippen MR) is 70.1 cm³/mol. The normalized spacial score (nSPS) is 12.8. The Kier molecular flexibility index (Phi) is 5.98. The lowest BCUT2D eigenvalue weighted by Gasteiger charge is -2.17. The summed E-state index contributed by atoms with van der Waals surface area (Å²) in [7, 11) is 1.72. The molecule has 1 atom stereocenters. The molecule has 0 amide bonds. The Morgan fingerprint density at radius 3 is 2.81 bits per heavy atom. The number of hydrazine groups is 1. The van der Waals surface area contributed by atoms with E-state index in [2.05, 4.69) is 46.5 Å². The van der Waals surface area contributed by atoms with Crippen LogP contribution in [0.2, 0.25) is 0 Å². The summed E-state index contributed by atoms with van der Waals surface area (Å²) in [5.74, 6) is 5.57. The highest BCUT2D eigenvalue weighted by Crippen LogP contribution is 2.24. The van der Waals surface area contributed by atoms with Crippen molar-refractivity contribution in [3.8, 4) is 0 Å². The molecule has 0 heterocycles. The lowest BCUT2D eigenvalue weighted by atomic mass is 10.0. The van der Waals surface area contributed by atoms with Crippen molar-refractivity contribution in [2.45, 2.75) is 25.8 Å². The second kappa shape index (κ2) is 7.01. The Morgan fingerprint density at radius 1 is 1.50 bits per heavy atom. The minimum atomic E-state index is 0.187. The number of nitrogens with one attached hydrogen (secondary N) is 1. The quantitative estimate of drug-likeness (QED) is 0.480. The van der Waals surface area contributed by atoms with Gasteiger partial charge in [-0.1, -0.05) is 28.1 Å². The Bertz CT molecular complexity index is 331. The molecule has 3 N–H and O–H groups in total. The molecule has 0 aliphatic carbocycles. The lowest BCUT2D eigenvalue weighted by Crippen LogP contribution is -2.28. The summed E-state index contributed by atoms with van der Waals surface area (Å²) in [5.41, 5.74) is 5.29. The van der Waals surface area contributed by atoms with Crippen LogP contribution in [0, 0.1) is 6.92 Å². The summed E-state index contributed by atoms with van der Waals surface area (Å²) in [6, 6.07) is 6.51. The van der Waals surface area contributed by atoms with Gasteiger partial charge >= 0.3 is 0 Å². The first-order valence-electron chi connectivity index (χ1n) is 5.40. The van der Waals surface area contributed by atoms with Gasteiger partial charge in [0.15, 0.2) is 0 Å². The summed E-state index contributed by atoms with van der Waals surface area (Å²) < 4.78 is 6.16. The molecule has 0 fully saturated rings. The molecule has 1 rings (SSSR count). The fourth-order valence-electron chi connectivity index (χ4n) is 1.60. The van der Waals surface area contributed by atoms with Gasteiger partial charge in [0.25, 0.3) is 0 Å². The molecular weight excluding hydrogens is 268 g/mol. The highest BCUT2D eigenvalue weighted by atomic mass is 79.9. The minimum absolute atomic E-state index is 0.187. The standard InChI is InChI=1S/C12H19BrN2O/c1-9-5-6-10(8-11(9)13)12(15-14)4-3-7-16-2/h5-6,8,12,15H,3-4,7,14H2,1-2H3. The van der Waals surface area contributed by atoms with Gasteiger partial charge in [-0.15, -0.1) is 0 Å². The van der Waals surface area contributed by atoms with Crippen molar-refractivity contribution in [1.29, 1.82) is 0 Å². The van der Waals surface area contributed by atoms with Crippen molar-refractivity contribution in [2.24, 2.45) is 5.84 Å². The summed E-state index contributed by atoms with van der Waals surface area (Å²) >= 11 is 3.53. The largest absolute Gasteiger partial charge is 0.385 e. The maximum absolute atomic E-state index is 5.57. The summed E-state index contributed by atoms with van der Waals surface area (Å²) in [6.45, 7) is 2.84. The highest BCUT2D eigenvalue weighted by molar-refractivity contribution is 9.10. The molecule has 0 aliphatic rings. The van der Waals surface area contributed by atoms with Gasteiger partial charge in [0.05, 0.1) is 0 Å². The van der Waals surface area contributed by atoms with Crippen LogP contribution in [0.3, 0.4) is 0 Å². The third kappa shape index (κ3) is 3.87. The molecular formula is C12H19BrN2O. The fourth-order valence-corrected chi connectivity index (χ4v) is 2.00. The van der Waals surface area contributed by atoms with E-state index in [1.807, 2.05) is 0 Å². The third-order valence-corrected chi connectivity index (χ3v) is 3.50. The number of benzene rings is 1. The smallest absolute Gasteiger partial charge is 0.0462 e. The summed E-state index contributed by atoms with van der Waals surface area (Å²) in [5, 5.41) is 0. The van der Waals surface area contributed by atoms with Crippen molar-refractivity contribution in [1.82, 2.24) is 5.43 Å². The van der Waals surface area contributed by atoms with Crippen molar-refractivity contribution < 1.29 is 4.74 Å². The SMILES string of the molecule is COCCCC(NN)c1ccc(C)c(Br)c1. The molecule has 0 aromatic heterocycles. The molecule has 16 heavy (non-hydrogen) atoms. The van der Waals surface area contributed by atoms with Crippen LogP contribution < -0.4 is 11.3 Å². The van der Waals surface area contributed by atoms with Crippen LogP contribution >= 0.6 is 15.9 Å². The van der Waals surface area contributed by atoms with E-state index < -0.39 is 0 Å². The van der Waals surface area contributed by atoms with Gasteiger partial charge in [-0.3, -0.25) is 11.3 Å². The molecule has 0 spiro atoms. The zero-order valence-corrected chi connectivity index (χ0v) is 11.4. The van der Waals surface area contributed by atoms with Gasteiger partial charge in [0.1, 0.15) is 0 Å². The number of rotatable bonds is 6. The fraction of sp³-hybridized carbons (Fsp3) is 0.500. The number of nitrogens with two attached hydrogens (primary N) is 1. The molecule has 4 heteroatoms. The van der Waals surface area contributed by atoms with Gasteiger partial charge in [0.2, 0.25) is 0 Å². The summed E-state index contributed by atoms with van der Waals surface area (Å²) in [4.78, 5) is 0. The van der Waals surface area contributed by atoms with E-state index >= 15 is 0 Å². The van der Waals surface area contributed by atoms with Crippen molar-refractivity contribution in [3.63, 3.8) is 0 Å². The van der Waals surface area contributed by atoms with Gasteiger partial charge in [0, 0.05) is 24.2 Å². The molecule has 1 unspecified atom stereocenters. The van der Waals surface area contributed by atoms with Crippen molar-refractivity contribution in [3.05, 3.63) is 33.8 Å². The first-order valence-corrected chi connectivity index (χ1v) is 6.19. The highest BCUT2D eigenvalue weighted by Gasteiger charge is 2.10. The minimum Gasteiger partial charge on any atom is -0.385 e. The number of methoxy groups -OCH3 is 1. The Hall–Kier alpha value is -0.420. The van der Waals surface area contributed by atoms with Crippen molar-refractivity contribution in [2.75, 3.05) is 13.7 Å². The van der Waals surface area contributed by atoms with E-state index in [0.29, 0.717) is 0 Å². The van der Waals surface area contributed by atoms with E-state index in [9.17, 15) is 0 Å². The molecule has 0 saturated heterocycles. The van der Waals surface area contributed by atoms with Crippen LogP contribution in [0.15, 0.2) is 22.7 Å². The first kappa shape index (κ1) is 13.6. The summed E-state index contributed by atoms with van der Waals surface area (Å²) in [6.07, 6.45) is 1.97. The van der Waals surface area contributed by atoms with Gasteiger partial charge in [-0.25, -0.2) is 0 Å². The molecule has 90 valence electrons. The van der Waals surface area contributed by atoms with Gasteiger partial charge < -0.3 is 4.74 Å². The number of hydrogen-bond donors (Lipinski definition) is 2. The Balaban J connectivity index is 2.67. The van der Waals surface area contributed by atoms with E-state index in [4.69, 9.17) is 10.6 Å². The number of aryl methyl sites for hydroxylation is 1. The van der Waals surface area contributed by atoms with Gasteiger partial charge in [-0.05, 0) is 37.0 Å². The Morgan fingerprint density at radius 2 is 2.25 bits per heavy atom. The second-order valence-corrected chi connectivity index (χ2v) is 4.72. The van der Waals surface area contributed by atoms with Crippen LogP contribution in [0.4, 0.5) is 0 Å². The zero-order valence-electron chi connectivity index (χ0n) is 9.79. The zero-order chi connectivity index (χ0) is 12.0. The number of hydrogen-bond acceptors (Lipinski definition) is 3. The maximum atomic E-state index is 5.57. The van der Waals surface area contributed by atoms with Crippen LogP contribution in [0.25, 0.3) is 0 Å². The molecule has 0 radical (unpaired) electrons. The molecule has 3 nitrogen and oxygen atoms in total. The van der Waals surface area contributed by atoms with E-state index in [1.165, 1.54) is 11.1 Å². The van der Waals surface area contributed by atoms with E-state index in [0.717, 1.165) is 23.9 Å². The average molecular weight is 287 g/mol. The maximum Gasteiger partial charge on any atom is 0.0462 e. The predicted octanol–water partition coefficient (Wildman–Crippen LogP) is 2.69. The number of ether oxygens (including phenoxy) is 1. The first-order chi connectivity index (χ1) is 7.69. The lowest BCUT2D eigenvalue weighted by molar-refractivity contribution is 0.189. The average Bonchev–Trinajstić information content (AvgIpc) is 2.29. The Labute approximate surface area is 105 Å². The van der Waals surface area contributed by atoms with E-state index in [-0.39, 0.29) is 6.04 Å². The van der Waals surface area contributed by atoms with Crippen LogP contribution in [0.5, 0.6) is 0 Å². The molecule has 0 saturated carbocycles. The van der Waals surface area contributed by atoms with Crippen LogP contribution in [0.1, 0.15) is 30.0 Å². The van der Waals surface area contributed by atoms with Crippen molar-refractivity contribution >= 4 is 15.9 Å². The molecule has 1 aromatic rings. The molecule has 0 bridgehead atoms. The third-order valence-electron chi connectivity index (χ3n) is 2.64. The van der Waals surface area contributed by atoms with Crippen LogP contribution in [-0.4, -0.2) is 13.7 Å². The molecule has 1 aromatic carbocycles. The second-order valence-electron chi connectivity index (χ2n) is 3.86. The van der Waals surface area contributed by atoms with Gasteiger partial charge in [-0.2, -0.15) is 0 Å². The van der Waals surface area contributed by atoms with Crippen LogP contribution in [-0.2, 0) is 4.74 Å². The number of halogens is 1. The van der Waals surface area contributed by atoms with E-state index in [1.54, 1.807) is 7.11 Å². The monoisotopic (exact) mass is 286 g/mol. The topological polar surface area (TPSA) is 47.3 Å². The molecule has 0 aliphatic heterocycles.